The van der Waals surface area contributed by atoms with Crippen molar-refractivity contribution in [2.75, 3.05) is 0 Å². The lowest BCUT2D eigenvalue weighted by atomic mass is 10.2. The third kappa shape index (κ3) is 1.24. The lowest BCUT2D eigenvalue weighted by molar-refractivity contribution is 0.457. The standard InChI is InChI=1S/C7H10N2O2/c1-3-5-7(11)6(10)4(2)8-9-5/h3H2,1-2H3,(H,8,11)(H,9,10). The molecule has 0 spiro atoms. The third-order valence-electron chi connectivity index (χ3n) is 1.53. The second-order valence-electron chi connectivity index (χ2n) is 2.33. The molecule has 0 bridgehead atoms. The van der Waals surface area contributed by atoms with Gasteiger partial charge in [0.25, 0.3) is 0 Å². The average molecular weight is 154 g/mol. The summed E-state index contributed by atoms with van der Waals surface area (Å²) in [7, 11) is 0. The van der Waals surface area contributed by atoms with E-state index in [1.165, 1.54) is 0 Å². The minimum absolute atomic E-state index is 0.225. The van der Waals surface area contributed by atoms with Gasteiger partial charge in [0, 0.05) is 0 Å². The van der Waals surface area contributed by atoms with Gasteiger partial charge < -0.3 is 5.11 Å². The van der Waals surface area contributed by atoms with Crippen molar-refractivity contribution in [2.24, 2.45) is 0 Å². The Balaban J connectivity index is 3.37. The van der Waals surface area contributed by atoms with Gasteiger partial charge in [-0.05, 0) is 13.3 Å². The Bertz CT molecular complexity index is 317. The summed E-state index contributed by atoms with van der Waals surface area (Å²) in [6.45, 7) is 3.41. The van der Waals surface area contributed by atoms with Crippen LogP contribution < -0.4 is 5.43 Å². The van der Waals surface area contributed by atoms with Crippen LogP contribution in [0.1, 0.15) is 18.3 Å². The molecule has 0 saturated heterocycles. The maximum atomic E-state index is 11.1. The van der Waals surface area contributed by atoms with Gasteiger partial charge >= 0.3 is 0 Å². The molecular weight excluding hydrogens is 144 g/mol. The molecule has 4 nitrogen and oxygen atoms in total. The number of nitrogens with one attached hydrogen (secondary N) is 1. The minimum Gasteiger partial charge on any atom is -0.503 e. The van der Waals surface area contributed by atoms with E-state index >= 15 is 0 Å². The molecule has 1 heterocycles. The van der Waals surface area contributed by atoms with Gasteiger partial charge in [-0.3, -0.25) is 9.89 Å². The van der Waals surface area contributed by atoms with Crippen molar-refractivity contribution in [3.05, 3.63) is 21.6 Å². The molecule has 1 rings (SSSR count). The minimum atomic E-state index is -0.372. The fourth-order valence-corrected chi connectivity index (χ4v) is 0.802. The number of hydrogen-bond donors (Lipinski definition) is 2. The van der Waals surface area contributed by atoms with Gasteiger partial charge in [0.2, 0.25) is 5.43 Å². The lowest BCUT2D eigenvalue weighted by Gasteiger charge is -1.98. The number of nitrogens with zero attached hydrogens (tertiary/aromatic N) is 1. The maximum Gasteiger partial charge on any atom is 0.245 e. The molecule has 60 valence electrons. The van der Waals surface area contributed by atoms with Gasteiger partial charge in [0.05, 0.1) is 5.69 Å². The summed E-state index contributed by atoms with van der Waals surface area (Å²) < 4.78 is 0. The first-order chi connectivity index (χ1) is 5.16. The molecule has 0 aromatic carbocycles. The van der Waals surface area contributed by atoms with Gasteiger partial charge in [-0.15, -0.1) is 0 Å². The van der Waals surface area contributed by atoms with Gasteiger partial charge in [-0.1, -0.05) is 6.92 Å². The number of rotatable bonds is 1. The molecular formula is C7H10N2O2. The Kier molecular flexibility index (Phi) is 1.94. The summed E-state index contributed by atoms with van der Waals surface area (Å²) in [6.07, 6.45) is 0.531. The van der Waals surface area contributed by atoms with Crippen LogP contribution in [0.25, 0.3) is 0 Å². The van der Waals surface area contributed by atoms with Gasteiger partial charge in [-0.2, -0.15) is 5.10 Å². The zero-order chi connectivity index (χ0) is 8.43. The molecule has 0 amide bonds. The number of hydrogen-bond acceptors (Lipinski definition) is 3. The van der Waals surface area contributed by atoms with E-state index in [2.05, 4.69) is 10.2 Å². The SMILES string of the molecule is CCc1n[nH]c(C)c(O)c1=O. The molecule has 0 fully saturated rings. The van der Waals surface area contributed by atoms with Crippen LogP contribution in [0.5, 0.6) is 5.75 Å². The Morgan fingerprint density at radius 2 is 2.27 bits per heavy atom. The van der Waals surface area contributed by atoms with Crippen molar-refractivity contribution in [1.29, 1.82) is 0 Å². The number of aromatic hydroxyl groups is 1. The number of H-pyrrole nitrogens is 1. The molecule has 1 aromatic rings. The lowest BCUT2D eigenvalue weighted by Crippen LogP contribution is -2.12. The quantitative estimate of drug-likeness (QED) is 0.613. The second kappa shape index (κ2) is 2.74. The number of aromatic nitrogens is 2. The highest BCUT2D eigenvalue weighted by Gasteiger charge is 2.06. The molecule has 0 aliphatic heterocycles. The van der Waals surface area contributed by atoms with E-state index in [0.717, 1.165) is 0 Å². The van der Waals surface area contributed by atoms with Crippen molar-refractivity contribution in [3.63, 3.8) is 0 Å². The van der Waals surface area contributed by atoms with Crippen LogP contribution in [0.4, 0.5) is 0 Å². The van der Waals surface area contributed by atoms with E-state index in [1.807, 2.05) is 6.92 Å². The van der Waals surface area contributed by atoms with Crippen LogP contribution >= 0.6 is 0 Å². The van der Waals surface area contributed by atoms with E-state index in [0.29, 0.717) is 17.8 Å². The number of aromatic amines is 1. The molecule has 0 radical (unpaired) electrons. The topological polar surface area (TPSA) is 66.0 Å². The largest absolute Gasteiger partial charge is 0.503 e. The first kappa shape index (κ1) is 7.78. The molecule has 0 atom stereocenters. The van der Waals surface area contributed by atoms with Crippen molar-refractivity contribution < 1.29 is 5.11 Å². The van der Waals surface area contributed by atoms with Crippen LogP contribution in [0.15, 0.2) is 4.79 Å². The maximum absolute atomic E-state index is 11.1. The smallest absolute Gasteiger partial charge is 0.245 e. The summed E-state index contributed by atoms with van der Waals surface area (Å²) in [4.78, 5) is 11.1. The van der Waals surface area contributed by atoms with Crippen molar-refractivity contribution in [1.82, 2.24) is 10.2 Å². The van der Waals surface area contributed by atoms with Gasteiger partial charge in [0.15, 0.2) is 5.75 Å². The summed E-state index contributed by atoms with van der Waals surface area (Å²) in [5, 5.41) is 15.5. The first-order valence-corrected chi connectivity index (χ1v) is 3.44. The Hall–Kier alpha value is -1.32. The van der Waals surface area contributed by atoms with E-state index in [-0.39, 0.29) is 11.2 Å². The summed E-state index contributed by atoms with van der Waals surface area (Å²) in [5.41, 5.74) is 0.407. The Morgan fingerprint density at radius 1 is 1.64 bits per heavy atom. The summed E-state index contributed by atoms with van der Waals surface area (Å²) >= 11 is 0. The van der Waals surface area contributed by atoms with E-state index in [4.69, 9.17) is 5.11 Å². The molecule has 0 aliphatic rings. The fourth-order valence-electron chi connectivity index (χ4n) is 0.802. The van der Waals surface area contributed by atoms with E-state index in [9.17, 15) is 4.79 Å². The summed E-state index contributed by atoms with van der Waals surface area (Å²) in [6, 6.07) is 0. The van der Waals surface area contributed by atoms with Crippen LogP contribution in [0, 0.1) is 6.92 Å². The molecule has 0 saturated carbocycles. The highest BCUT2D eigenvalue weighted by Crippen LogP contribution is 2.04. The predicted molar refractivity (Wildman–Crippen MR) is 40.6 cm³/mol. The van der Waals surface area contributed by atoms with Crippen LogP contribution in [-0.2, 0) is 6.42 Å². The molecule has 11 heavy (non-hydrogen) atoms. The number of aryl methyl sites for hydroxylation is 2. The molecule has 4 heteroatoms. The Morgan fingerprint density at radius 3 is 2.82 bits per heavy atom. The zero-order valence-corrected chi connectivity index (χ0v) is 6.51. The van der Waals surface area contributed by atoms with E-state index in [1.54, 1.807) is 6.92 Å². The fraction of sp³-hybridized carbons (Fsp3) is 0.429. The molecule has 2 N–H and O–H groups in total. The van der Waals surface area contributed by atoms with Crippen molar-refractivity contribution in [2.45, 2.75) is 20.3 Å². The molecule has 1 aromatic heterocycles. The normalized spacial score (nSPS) is 10.0. The van der Waals surface area contributed by atoms with Crippen molar-refractivity contribution >= 4 is 0 Å². The van der Waals surface area contributed by atoms with Crippen LogP contribution in [0.2, 0.25) is 0 Å². The highest BCUT2D eigenvalue weighted by molar-refractivity contribution is 5.25. The molecule has 0 unspecified atom stereocenters. The van der Waals surface area contributed by atoms with Crippen molar-refractivity contribution in [3.8, 4) is 5.75 Å². The van der Waals surface area contributed by atoms with Gasteiger partial charge in [-0.25, -0.2) is 0 Å². The second-order valence-corrected chi connectivity index (χ2v) is 2.33. The third-order valence-corrected chi connectivity index (χ3v) is 1.53. The zero-order valence-electron chi connectivity index (χ0n) is 6.51. The highest BCUT2D eigenvalue weighted by atomic mass is 16.3. The van der Waals surface area contributed by atoms with Crippen LogP contribution in [-0.4, -0.2) is 15.3 Å². The monoisotopic (exact) mass is 154 g/mol. The van der Waals surface area contributed by atoms with Gasteiger partial charge in [0.1, 0.15) is 5.69 Å². The Labute approximate surface area is 63.9 Å². The van der Waals surface area contributed by atoms with Crippen LogP contribution in [0.3, 0.4) is 0 Å². The predicted octanol–water partition coefficient (Wildman–Crippen LogP) is 0.346. The first-order valence-electron chi connectivity index (χ1n) is 3.44. The summed E-state index contributed by atoms with van der Waals surface area (Å²) in [5.74, 6) is -0.225. The average Bonchev–Trinajstić information content (AvgIpc) is 2.01. The molecule has 0 aliphatic carbocycles. The van der Waals surface area contributed by atoms with E-state index < -0.39 is 0 Å².